The van der Waals surface area contributed by atoms with Gasteiger partial charge in [-0.25, -0.2) is 0 Å². The summed E-state index contributed by atoms with van der Waals surface area (Å²) in [6.07, 6.45) is 0.979. The molecule has 0 bridgehead atoms. The number of ketones is 1. The Labute approximate surface area is 185 Å². The Morgan fingerprint density at radius 2 is 1.84 bits per heavy atom. The number of carbonyl (C=O) groups excluding carboxylic acids is 1. The van der Waals surface area contributed by atoms with Gasteiger partial charge < -0.3 is 29.7 Å². The minimum absolute atomic E-state index is 0.00406. The van der Waals surface area contributed by atoms with Crippen molar-refractivity contribution >= 4 is 5.78 Å². The molecule has 4 rings (SSSR count). The van der Waals surface area contributed by atoms with E-state index in [0.29, 0.717) is 29.2 Å². The summed E-state index contributed by atoms with van der Waals surface area (Å²) >= 11 is 0. The molecule has 8 nitrogen and oxygen atoms in total. The Morgan fingerprint density at radius 1 is 1.06 bits per heavy atom. The number of phenols is 1. The number of fused-ring (bicyclic) bond motifs is 1. The molecule has 0 saturated carbocycles. The predicted octanol–water partition coefficient (Wildman–Crippen LogP) is 2.77. The van der Waals surface area contributed by atoms with Crippen LogP contribution in [-0.4, -0.2) is 41.3 Å². The Balaban J connectivity index is 1.66. The number of nitrogens with one attached hydrogen (secondary N) is 1. The smallest absolute Gasteiger partial charge is 0.199 e. The van der Waals surface area contributed by atoms with E-state index in [1.54, 1.807) is 30.6 Å². The number of rotatable bonds is 7. The van der Waals surface area contributed by atoms with Crippen LogP contribution in [0.1, 0.15) is 33.2 Å². The molecule has 0 saturated heterocycles. The average Bonchev–Trinajstić information content (AvgIpc) is 2.83. The fourth-order valence-corrected chi connectivity index (χ4v) is 3.72. The number of nitrogens with zero attached hydrogens (tertiary/aromatic N) is 1. The Morgan fingerprint density at radius 3 is 2.56 bits per heavy atom. The lowest BCUT2D eigenvalue weighted by atomic mass is 9.91. The van der Waals surface area contributed by atoms with Gasteiger partial charge in [-0.3, -0.25) is 9.78 Å². The number of pyridine rings is 1. The predicted molar refractivity (Wildman–Crippen MR) is 116 cm³/mol. The van der Waals surface area contributed by atoms with Crippen molar-refractivity contribution in [3.8, 4) is 23.0 Å². The molecule has 2 aromatic carbocycles. The van der Waals surface area contributed by atoms with Crippen LogP contribution in [0, 0.1) is 0 Å². The largest absolute Gasteiger partial charge is 0.507 e. The molecular weight excluding hydrogens is 412 g/mol. The van der Waals surface area contributed by atoms with E-state index < -0.39 is 18.0 Å². The molecule has 32 heavy (non-hydrogen) atoms. The average molecular weight is 436 g/mol. The maximum Gasteiger partial charge on any atom is 0.199 e. The summed E-state index contributed by atoms with van der Waals surface area (Å²) in [5.41, 5.74) is 2.19. The molecule has 0 spiro atoms. The highest BCUT2D eigenvalue weighted by Crippen LogP contribution is 2.43. The highest BCUT2D eigenvalue weighted by atomic mass is 16.5. The van der Waals surface area contributed by atoms with E-state index in [0.717, 1.165) is 5.56 Å². The number of aliphatic hydroxyl groups excluding tert-OH is 1. The molecule has 2 heterocycles. The summed E-state index contributed by atoms with van der Waals surface area (Å²) in [4.78, 5) is 17.0. The van der Waals surface area contributed by atoms with E-state index in [-0.39, 0.29) is 23.6 Å². The third-order valence-corrected chi connectivity index (χ3v) is 5.43. The van der Waals surface area contributed by atoms with Gasteiger partial charge in [-0.2, -0.15) is 0 Å². The van der Waals surface area contributed by atoms with E-state index >= 15 is 0 Å². The number of aliphatic hydroxyl groups is 1. The highest BCUT2D eigenvalue weighted by molar-refractivity contribution is 6.03. The Hall–Kier alpha value is -3.62. The van der Waals surface area contributed by atoms with Crippen LogP contribution in [0.3, 0.4) is 0 Å². The molecule has 1 aliphatic heterocycles. The van der Waals surface area contributed by atoms with E-state index in [4.69, 9.17) is 14.2 Å². The van der Waals surface area contributed by atoms with Crippen molar-refractivity contribution in [2.24, 2.45) is 0 Å². The second kappa shape index (κ2) is 9.25. The molecular formula is C24H24N2O6. The third-order valence-electron chi connectivity index (χ3n) is 5.43. The van der Waals surface area contributed by atoms with Crippen molar-refractivity contribution < 1.29 is 29.2 Å². The van der Waals surface area contributed by atoms with Crippen molar-refractivity contribution in [3.63, 3.8) is 0 Å². The van der Waals surface area contributed by atoms with Crippen LogP contribution >= 0.6 is 0 Å². The van der Waals surface area contributed by atoms with Gasteiger partial charge in [0, 0.05) is 37.1 Å². The monoisotopic (exact) mass is 436 g/mol. The summed E-state index contributed by atoms with van der Waals surface area (Å²) in [5.74, 6) is 0.744. The highest BCUT2D eigenvalue weighted by Gasteiger charge is 2.40. The number of ether oxygens (including phenoxy) is 3. The second-order valence-corrected chi connectivity index (χ2v) is 7.35. The van der Waals surface area contributed by atoms with Crippen molar-refractivity contribution in [3.05, 3.63) is 77.1 Å². The molecule has 0 radical (unpaired) electrons. The summed E-state index contributed by atoms with van der Waals surface area (Å²) in [7, 11) is 3.03. The van der Waals surface area contributed by atoms with Gasteiger partial charge in [0.1, 0.15) is 23.0 Å². The fraction of sp³-hybridized carbons (Fsp3) is 0.250. The first-order valence-electron chi connectivity index (χ1n) is 10.1. The summed E-state index contributed by atoms with van der Waals surface area (Å²) in [5, 5.41) is 24.5. The van der Waals surface area contributed by atoms with Gasteiger partial charge in [-0.15, -0.1) is 0 Å². The molecule has 2 atom stereocenters. The number of hydrogen-bond acceptors (Lipinski definition) is 8. The zero-order valence-corrected chi connectivity index (χ0v) is 17.7. The number of carbonyl (C=O) groups is 1. The van der Waals surface area contributed by atoms with Gasteiger partial charge in [0.05, 0.1) is 25.3 Å². The molecule has 1 aromatic heterocycles. The second-order valence-electron chi connectivity index (χ2n) is 7.35. The van der Waals surface area contributed by atoms with Gasteiger partial charge in [-0.1, -0.05) is 0 Å². The van der Waals surface area contributed by atoms with Crippen LogP contribution in [-0.2, 0) is 13.1 Å². The normalized spacial score (nSPS) is 17.4. The minimum atomic E-state index is -1.42. The lowest BCUT2D eigenvalue weighted by Gasteiger charge is -2.32. The van der Waals surface area contributed by atoms with Crippen LogP contribution < -0.4 is 19.5 Å². The number of hydrogen-bond donors (Lipinski definition) is 3. The molecule has 0 fully saturated rings. The van der Waals surface area contributed by atoms with E-state index in [1.165, 1.54) is 26.4 Å². The Kier molecular flexibility index (Phi) is 6.25. The van der Waals surface area contributed by atoms with Crippen LogP contribution in [0.15, 0.2) is 54.9 Å². The number of Topliss-reactive ketones (excluding diaryl/α,β-unsaturated/α-hetero) is 1. The first-order valence-corrected chi connectivity index (χ1v) is 10.1. The van der Waals surface area contributed by atoms with Gasteiger partial charge in [0.15, 0.2) is 18.0 Å². The van der Waals surface area contributed by atoms with Crippen molar-refractivity contribution in [1.29, 1.82) is 0 Å². The van der Waals surface area contributed by atoms with Gasteiger partial charge >= 0.3 is 0 Å². The fourth-order valence-electron chi connectivity index (χ4n) is 3.72. The van der Waals surface area contributed by atoms with Crippen LogP contribution in [0.25, 0.3) is 0 Å². The molecule has 0 aliphatic carbocycles. The van der Waals surface area contributed by atoms with Crippen molar-refractivity contribution in [1.82, 2.24) is 10.3 Å². The number of methoxy groups -OCH3 is 2. The van der Waals surface area contributed by atoms with Crippen LogP contribution in [0.4, 0.5) is 0 Å². The zero-order chi connectivity index (χ0) is 22.7. The molecule has 1 aliphatic rings. The summed E-state index contributed by atoms with van der Waals surface area (Å²) < 4.78 is 16.8. The van der Waals surface area contributed by atoms with E-state index in [9.17, 15) is 15.0 Å². The number of aromatic nitrogens is 1. The molecule has 8 heteroatoms. The molecule has 166 valence electrons. The van der Waals surface area contributed by atoms with Crippen LogP contribution in [0.5, 0.6) is 23.0 Å². The number of benzene rings is 2. The maximum atomic E-state index is 13.0. The number of phenolic OH excluding ortho intramolecular Hbond substituents is 1. The lowest BCUT2D eigenvalue weighted by molar-refractivity contribution is 0.0202. The van der Waals surface area contributed by atoms with Gasteiger partial charge in [-0.05, 0) is 42.0 Å². The molecule has 0 amide bonds. The first kappa shape index (κ1) is 21.6. The summed E-state index contributed by atoms with van der Waals surface area (Å²) in [6, 6.07) is 11.7. The zero-order valence-electron chi connectivity index (χ0n) is 17.7. The maximum absolute atomic E-state index is 13.0. The Bertz CT molecular complexity index is 1120. The van der Waals surface area contributed by atoms with E-state index in [1.807, 2.05) is 12.1 Å². The van der Waals surface area contributed by atoms with Crippen molar-refractivity contribution in [2.75, 3.05) is 14.2 Å². The SMILES string of the molecule is COc1ccc(C2Oc3c(ccc(O)c3CNCc3ccncc3)C(=O)C2O)c(OC)c1. The van der Waals surface area contributed by atoms with Gasteiger partial charge in [0.25, 0.3) is 0 Å². The lowest BCUT2D eigenvalue weighted by Crippen LogP contribution is -2.37. The van der Waals surface area contributed by atoms with Gasteiger partial charge in [0.2, 0.25) is 0 Å². The van der Waals surface area contributed by atoms with Crippen molar-refractivity contribution in [2.45, 2.75) is 25.3 Å². The quantitative estimate of drug-likeness (QED) is 0.519. The summed E-state index contributed by atoms with van der Waals surface area (Å²) in [6.45, 7) is 0.797. The third kappa shape index (κ3) is 4.10. The molecule has 3 N–H and O–H groups in total. The first-order chi connectivity index (χ1) is 15.5. The topological polar surface area (TPSA) is 110 Å². The molecule has 2 unspecified atom stereocenters. The van der Waals surface area contributed by atoms with E-state index in [2.05, 4.69) is 10.3 Å². The molecule has 3 aromatic rings. The standard InChI is InChI=1S/C24H24N2O6/c1-30-15-3-4-16(20(11-15)31-2)24-22(29)21(28)17-5-6-19(27)18(23(17)32-24)13-26-12-14-7-9-25-10-8-14/h3-11,22,24,26-27,29H,12-13H2,1-2H3. The number of aromatic hydroxyl groups is 1. The minimum Gasteiger partial charge on any atom is -0.507 e. The van der Waals surface area contributed by atoms with Crippen LogP contribution in [0.2, 0.25) is 0 Å².